The normalized spacial score (nSPS) is 22.0. The molecule has 1 saturated carbocycles. The molecule has 1 aliphatic carbocycles. The van der Waals surface area contributed by atoms with E-state index in [9.17, 15) is 13.2 Å². The van der Waals surface area contributed by atoms with Crippen molar-refractivity contribution in [2.45, 2.75) is 82.2 Å². The number of hydrogen-bond acceptors (Lipinski definition) is 6. The Kier molecular flexibility index (Phi) is 10.5. The van der Waals surface area contributed by atoms with Gasteiger partial charge in [0, 0.05) is 25.2 Å². The summed E-state index contributed by atoms with van der Waals surface area (Å²) < 4.78 is 39.0. The molecule has 0 atom stereocenters. The standard InChI is InChI=1S/C32H47N3O5S/c1-24-22-29(39-5)25(2)26(3)31(24)41(37,38)34(4)20-21-40-23-30(36)33-28-14-16-32(17-15-28,27-12-8-6-9-13-27)35-18-10-7-11-19-35/h6,8-9,12-13,22,28H,7,10-11,14-21,23H2,1-5H3,(H,33,36). The molecule has 226 valence electrons. The lowest BCUT2D eigenvalue weighted by molar-refractivity contribution is -0.127. The van der Waals surface area contributed by atoms with Crippen LogP contribution in [0.25, 0.3) is 0 Å². The Bertz CT molecular complexity index is 1280. The summed E-state index contributed by atoms with van der Waals surface area (Å²) in [4.78, 5) is 15.7. The zero-order chi connectivity index (χ0) is 29.6. The van der Waals surface area contributed by atoms with Crippen molar-refractivity contribution in [2.24, 2.45) is 0 Å². The summed E-state index contributed by atoms with van der Waals surface area (Å²) in [5.74, 6) is 0.523. The fourth-order valence-corrected chi connectivity index (χ4v) is 8.26. The fraction of sp³-hybridized carbons (Fsp3) is 0.594. The average molecular weight is 586 g/mol. The molecule has 1 saturated heterocycles. The molecule has 8 nitrogen and oxygen atoms in total. The number of methoxy groups -OCH3 is 1. The van der Waals surface area contributed by atoms with Gasteiger partial charge in [-0.2, -0.15) is 4.31 Å². The Balaban J connectivity index is 1.26. The number of nitrogens with zero attached hydrogens (tertiary/aromatic N) is 2. The van der Waals surface area contributed by atoms with E-state index in [1.54, 1.807) is 34.1 Å². The van der Waals surface area contributed by atoms with Gasteiger partial charge in [0.1, 0.15) is 12.4 Å². The second-order valence-electron chi connectivity index (χ2n) is 11.6. The molecule has 0 unspecified atom stereocenters. The molecule has 0 spiro atoms. The molecule has 1 N–H and O–H groups in total. The van der Waals surface area contributed by atoms with Gasteiger partial charge in [-0.1, -0.05) is 36.8 Å². The number of piperidine rings is 1. The van der Waals surface area contributed by atoms with E-state index >= 15 is 0 Å². The van der Waals surface area contributed by atoms with E-state index in [0.717, 1.165) is 44.3 Å². The predicted molar refractivity (Wildman–Crippen MR) is 162 cm³/mol. The van der Waals surface area contributed by atoms with E-state index in [0.29, 0.717) is 21.8 Å². The van der Waals surface area contributed by atoms with Gasteiger partial charge in [-0.05, 0) is 101 Å². The molecule has 0 bridgehead atoms. The van der Waals surface area contributed by atoms with Crippen molar-refractivity contribution in [3.63, 3.8) is 0 Å². The summed E-state index contributed by atoms with van der Waals surface area (Å²) in [5, 5.41) is 3.16. The Labute approximate surface area is 246 Å². The molecule has 2 aromatic rings. The molecule has 0 radical (unpaired) electrons. The topological polar surface area (TPSA) is 88.2 Å². The van der Waals surface area contributed by atoms with E-state index in [-0.39, 0.29) is 37.2 Å². The van der Waals surface area contributed by atoms with E-state index in [4.69, 9.17) is 9.47 Å². The SMILES string of the molecule is COc1cc(C)c(S(=O)(=O)N(C)CCOCC(=O)NC2CCC(c3ccccc3)(N3CCCCC3)CC2)c(C)c1C. The highest BCUT2D eigenvalue weighted by Crippen LogP contribution is 2.43. The van der Waals surface area contributed by atoms with Crippen LogP contribution < -0.4 is 10.1 Å². The summed E-state index contributed by atoms with van der Waals surface area (Å²) in [7, 11) is -0.599. The van der Waals surface area contributed by atoms with Crippen LogP contribution in [0.3, 0.4) is 0 Å². The molecular formula is C32H47N3O5S. The summed E-state index contributed by atoms with van der Waals surface area (Å²) in [6.45, 7) is 7.91. The van der Waals surface area contributed by atoms with Crippen LogP contribution in [0.4, 0.5) is 0 Å². The van der Waals surface area contributed by atoms with Crippen molar-refractivity contribution in [3.05, 3.63) is 58.7 Å². The summed E-state index contributed by atoms with van der Waals surface area (Å²) in [6, 6.07) is 12.7. The molecule has 2 fully saturated rings. The maximum absolute atomic E-state index is 13.3. The minimum absolute atomic E-state index is 0.0502. The van der Waals surface area contributed by atoms with Gasteiger partial charge in [-0.15, -0.1) is 0 Å². The number of rotatable bonds is 11. The van der Waals surface area contributed by atoms with Crippen LogP contribution >= 0.6 is 0 Å². The smallest absolute Gasteiger partial charge is 0.246 e. The van der Waals surface area contributed by atoms with Gasteiger partial charge in [0.25, 0.3) is 0 Å². The maximum atomic E-state index is 13.3. The molecule has 0 aromatic heterocycles. The van der Waals surface area contributed by atoms with Crippen molar-refractivity contribution >= 4 is 15.9 Å². The Morgan fingerprint density at radius 3 is 2.34 bits per heavy atom. The second kappa shape index (κ2) is 13.7. The fourth-order valence-electron chi connectivity index (χ4n) is 6.63. The number of ether oxygens (including phenoxy) is 2. The Morgan fingerprint density at radius 1 is 1.05 bits per heavy atom. The molecule has 41 heavy (non-hydrogen) atoms. The van der Waals surface area contributed by atoms with Crippen LogP contribution in [-0.2, 0) is 25.1 Å². The van der Waals surface area contributed by atoms with Crippen LogP contribution in [0.5, 0.6) is 5.75 Å². The van der Waals surface area contributed by atoms with Gasteiger partial charge < -0.3 is 14.8 Å². The molecule has 1 aliphatic heterocycles. The molecule has 9 heteroatoms. The number of benzene rings is 2. The van der Waals surface area contributed by atoms with Crippen LogP contribution in [0.15, 0.2) is 41.3 Å². The Morgan fingerprint density at radius 2 is 1.71 bits per heavy atom. The van der Waals surface area contributed by atoms with Crippen LogP contribution in [0.1, 0.15) is 67.2 Å². The van der Waals surface area contributed by atoms with Crippen molar-refractivity contribution in [2.75, 3.05) is 47.0 Å². The third-order valence-corrected chi connectivity index (χ3v) is 11.2. The van der Waals surface area contributed by atoms with Gasteiger partial charge >= 0.3 is 0 Å². The zero-order valence-electron chi connectivity index (χ0n) is 25.4. The first-order valence-corrected chi connectivity index (χ1v) is 16.3. The van der Waals surface area contributed by atoms with Crippen LogP contribution in [0, 0.1) is 20.8 Å². The number of carbonyl (C=O) groups excluding carboxylic acids is 1. The van der Waals surface area contributed by atoms with Gasteiger partial charge in [0.15, 0.2) is 0 Å². The number of aryl methyl sites for hydroxylation is 1. The van der Waals surface area contributed by atoms with Gasteiger partial charge in [-0.25, -0.2) is 8.42 Å². The molecule has 1 amide bonds. The first-order chi connectivity index (χ1) is 19.6. The number of carbonyl (C=O) groups is 1. The van der Waals surface area contributed by atoms with E-state index in [1.807, 2.05) is 6.92 Å². The predicted octanol–water partition coefficient (Wildman–Crippen LogP) is 4.70. The summed E-state index contributed by atoms with van der Waals surface area (Å²) in [6.07, 6.45) is 7.71. The first-order valence-electron chi connectivity index (χ1n) is 14.9. The third-order valence-electron chi connectivity index (χ3n) is 9.10. The number of likely N-dealkylation sites (N-methyl/N-ethyl adjacent to an activating group) is 1. The second-order valence-corrected chi connectivity index (χ2v) is 13.6. The number of likely N-dealkylation sites (tertiary alicyclic amines) is 1. The van der Waals surface area contributed by atoms with Gasteiger partial charge in [0.05, 0.1) is 18.6 Å². The van der Waals surface area contributed by atoms with Crippen molar-refractivity contribution in [3.8, 4) is 5.75 Å². The number of sulfonamides is 1. The van der Waals surface area contributed by atoms with Gasteiger partial charge in [0.2, 0.25) is 15.9 Å². The lowest BCUT2D eigenvalue weighted by atomic mass is 9.73. The highest BCUT2D eigenvalue weighted by molar-refractivity contribution is 7.89. The molecule has 4 rings (SSSR count). The summed E-state index contributed by atoms with van der Waals surface area (Å²) >= 11 is 0. The number of nitrogens with one attached hydrogen (secondary N) is 1. The van der Waals surface area contributed by atoms with Crippen molar-refractivity contribution < 1.29 is 22.7 Å². The summed E-state index contributed by atoms with van der Waals surface area (Å²) in [5.41, 5.74) is 3.57. The van der Waals surface area contributed by atoms with Crippen molar-refractivity contribution in [1.82, 2.24) is 14.5 Å². The molecular weight excluding hydrogens is 538 g/mol. The Hall–Kier alpha value is -2.46. The first kappa shape index (κ1) is 31.5. The van der Waals surface area contributed by atoms with Crippen molar-refractivity contribution in [1.29, 1.82) is 0 Å². The van der Waals surface area contributed by atoms with E-state index < -0.39 is 10.0 Å². The lowest BCUT2D eigenvalue weighted by Gasteiger charge is -2.50. The van der Waals surface area contributed by atoms with E-state index in [2.05, 4.69) is 40.5 Å². The lowest BCUT2D eigenvalue weighted by Crippen LogP contribution is -2.53. The largest absolute Gasteiger partial charge is 0.496 e. The molecule has 1 heterocycles. The monoisotopic (exact) mass is 585 g/mol. The average Bonchev–Trinajstić information content (AvgIpc) is 2.98. The van der Waals surface area contributed by atoms with Crippen LogP contribution in [-0.4, -0.2) is 76.6 Å². The highest BCUT2D eigenvalue weighted by Gasteiger charge is 2.42. The number of amides is 1. The van der Waals surface area contributed by atoms with Gasteiger partial charge in [-0.3, -0.25) is 9.69 Å². The quantitative estimate of drug-likeness (QED) is 0.385. The maximum Gasteiger partial charge on any atom is 0.246 e. The van der Waals surface area contributed by atoms with Crippen LogP contribution in [0.2, 0.25) is 0 Å². The molecule has 2 aromatic carbocycles. The molecule has 2 aliphatic rings. The van der Waals surface area contributed by atoms with E-state index in [1.165, 1.54) is 29.1 Å². The zero-order valence-corrected chi connectivity index (χ0v) is 26.2. The number of hydrogen-bond donors (Lipinski definition) is 1. The minimum atomic E-state index is -3.72. The highest BCUT2D eigenvalue weighted by atomic mass is 32.2. The third kappa shape index (κ3) is 6.96. The minimum Gasteiger partial charge on any atom is -0.496 e.